The lowest BCUT2D eigenvalue weighted by Crippen LogP contribution is -2.34. The number of nitrogens with one attached hydrogen (secondary N) is 1. The first kappa shape index (κ1) is 13.6. The van der Waals surface area contributed by atoms with E-state index in [1.165, 1.54) is 44.2 Å². The number of hydrogen-bond acceptors (Lipinski definition) is 3. The van der Waals surface area contributed by atoms with Crippen LogP contribution in [0.25, 0.3) is 0 Å². The van der Waals surface area contributed by atoms with Gasteiger partial charge in [-0.05, 0) is 38.9 Å². The molecule has 2 rings (SSSR count). The van der Waals surface area contributed by atoms with Crippen molar-refractivity contribution in [2.24, 2.45) is 0 Å². The van der Waals surface area contributed by atoms with Crippen molar-refractivity contribution < 1.29 is 4.42 Å². The lowest BCUT2D eigenvalue weighted by atomic mass is 10.1. The van der Waals surface area contributed by atoms with Crippen LogP contribution in [0.4, 0.5) is 0 Å². The monoisotopic (exact) mass is 250 g/mol. The van der Waals surface area contributed by atoms with E-state index < -0.39 is 0 Å². The fourth-order valence-electron chi connectivity index (χ4n) is 2.95. The molecule has 0 bridgehead atoms. The van der Waals surface area contributed by atoms with Gasteiger partial charge in [0.2, 0.25) is 0 Å². The lowest BCUT2D eigenvalue weighted by Gasteiger charge is -2.28. The Bertz CT molecular complexity index is 348. The Morgan fingerprint density at radius 3 is 3.06 bits per heavy atom. The molecule has 0 aliphatic carbocycles. The Morgan fingerprint density at radius 2 is 2.28 bits per heavy atom. The standard InChI is InChI=1S/C15H26N2O/c1-3-14-7-5-4-6-9-17(14)12-15-13(11-16-2)8-10-18-15/h8,10,14,16H,3-7,9,11-12H2,1-2H3. The van der Waals surface area contributed by atoms with Gasteiger partial charge in [0, 0.05) is 18.2 Å². The van der Waals surface area contributed by atoms with E-state index in [0.29, 0.717) is 0 Å². The summed E-state index contributed by atoms with van der Waals surface area (Å²) in [6.07, 6.45) is 8.52. The van der Waals surface area contributed by atoms with E-state index in [1.807, 2.05) is 13.3 Å². The molecule has 102 valence electrons. The van der Waals surface area contributed by atoms with Gasteiger partial charge in [0.15, 0.2) is 0 Å². The molecule has 2 heterocycles. The van der Waals surface area contributed by atoms with Crippen LogP contribution in [0.5, 0.6) is 0 Å². The summed E-state index contributed by atoms with van der Waals surface area (Å²) in [6.45, 7) is 5.40. The van der Waals surface area contributed by atoms with Crippen LogP contribution in [-0.4, -0.2) is 24.5 Å². The molecule has 0 aromatic carbocycles. The number of likely N-dealkylation sites (tertiary alicyclic amines) is 1. The van der Waals surface area contributed by atoms with Crippen molar-refractivity contribution in [2.45, 2.75) is 58.2 Å². The Kier molecular flexibility index (Phi) is 5.26. The predicted octanol–water partition coefficient (Wildman–Crippen LogP) is 3.15. The van der Waals surface area contributed by atoms with E-state index in [0.717, 1.165) is 24.9 Å². The Hall–Kier alpha value is -0.800. The topological polar surface area (TPSA) is 28.4 Å². The normalized spacial score (nSPS) is 22.0. The van der Waals surface area contributed by atoms with E-state index in [2.05, 4.69) is 23.2 Å². The average molecular weight is 250 g/mol. The fraction of sp³-hybridized carbons (Fsp3) is 0.733. The van der Waals surface area contributed by atoms with Gasteiger partial charge in [-0.2, -0.15) is 0 Å². The first-order valence-electron chi connectivity index (χ1n) is 7.29. The van der Waals surface area contributed by atoms with Crippen molar-refractivity contribution in [3.63, 3.8) is 0 Å². The van der Waals surface area contributed by atoms with Gasteiger partial charge in [-0.3, -0.25) is 4.90 Å². The molecule has 0 saturated carbocycles. The molecule has 1 aromatic rings. The summed E-state index contributed by atoms with van der Waals surface area (Å²) < 4.78 is 5.67. The highest BCUT2D eigenvalue weighted by molar-refractivity contribution is 5.16. The number of nitrogens with zero attached hydrogens (tertiary/aromatic N) is 1. The van der Waals surface area contributed by atoms with Gasteiger partial charge in [-0.1, -0.05) is 19.8 Å². The fourth-order valence-corrected chi connectivity index (χ4v) is 2.95. The third kappa shape index (κ3) is 3.36. The average Bonchev–Trinajstić information content (AvgIpc) is 2.68. The van der Waals surface area contributed by atoms with Gasteiger partial charge in [0.05, 0.1) is 12.8 Å². The van der Waals surface area contributed by atoms with E-state index in [9.17, 15) is 0 Å². The molecule has 1 aliphatic heterocycles. The Balaban J connectivity index is 2.03. The van der Waals surface area contributed by atoms with Crippen molar-refractivity contribution in [3.8, 4) is 0 Å². The van der Waals surface area contributed by atoms with Gasteiger partial charge in [-0.15, -0.1) is 0 Å². The van der Waals surface area contributed by atoms with Crippen LogP contribution in [0.3, 0.4) is 0 Å². The molecule has 1 aromatic heterocycles. The summed E-state index contributed by atoms with van der Waals surface area (Å²) in [7, 11) is 1.98. The molecular formula is C15H26N2O. The van der Waals surface area contributed by atoms with Crippen LogP contribution < -0.4 is 5.32 Å². The summed E-state index contributed by atoms with van der Waals surface area (Å²) in [5.74, 6) is 1.14. The van der Waals surface area contributed by atoms with Crippen molar-refractivity contribution in [2.75, 3.05) is 13.6 Å². The van der Waals surface area contributed by atoms with Crippen LogP contribution in [0.1, 0.15) is 50.4 Å². The maximum atomic E-state index is 5.67. The number of hydrogen-bond donors (Lipinski definition) is 1. The second kappa shape index (κ2) is 6.95. The molecule has 1 saturated heterocycles. The Morgan fingerprint density at radius 1 is 1.39 bits per heavy atom. The predicted molar refractivity (Wildman–Crippen MR) is 74.4 cm³/mol. The minimum Gasteiger partial charge on any atom is -0.468 e. The molecule has 1 atom stereocenters. The maximum Gasteiger partial charge on any atom is 0.122 e. The van der Waals surface area contributed by atoms with Gasteiger partial charge in [0.1, 0.15) is 5.76 Å². The lowest BCUT2D eigenvalue weighted by molar-refractivity contribution is 0.171. The van der Waals surface area contributed by atoms with Gasteiger partial charge < -0.3 is 9.73 Å². The zero-order valence-electron chi connectivity index (χ0n) is 11.7. The third-order valence-corrected chi connectivity index (χ3v) is 4.02. The van der Waals surface area contributed by atoms with E-state index in [4.69, 9.17) is 4.42 Å². The smallest absolute Gasteiger partial charge is 0.122 e. The highest BCUT2D eigenvalue weighted by Gasteiger charge is 2.21. The van der Waals surface area contributed by atoms with E-state index in [-0.39, 0.29) is 0 Å². The molecule has 3 heteroatoms. The van der Waals surface area contributed by atoms with Crippen molar-refractivity contribution in [1.29, 1.82) is 0 Å². The molecule has 18 heavy (non-hydrogen) atoms. The molecule has 1 fully saturated rings. The molecular weight excluding hydrogens is 224 g/mol. The van der Waals surface area contributed by atoms with E-state index in [1.54, 1.807) is 0 Å². The minimum atomic E-state index is 0.736. The van der Waals surface area contributed by atoms with Crippen LogP contribution in [0, 0.1) is 0 Å². The van der Waals surface area contributed by atoms with Gasteiger partial charge in [0.25, 0.3) is 0 Å². The third-order valence-electron chi connectivity index (χ3n) is 4.02. The molecule has 0 amide bonds. The second-order valence-corrected chi connectivity index (χ2v) is 5.28. The summed E-state index contributed by atoms with van der Waals surface area (Å²) >= 11 is 0. The van der Waals surface area contributed by atoms with Crippen molar-refractivity contribution in [1.82, 2.24) is 10.2 Å². The first-order valence-corrected chi connectivity index (χ1v) is 7.29. The summed E-state index contributed by atoms with van der Waals surface area (Å²) in [5.41, 5.74) is 1.30. The molecule has 0 radical (unpaired) electrons. The van der Waals surface area contributed by atoms with Crippen LogP contribution >= 0.6 is 0 Å². The van der Waals surface area contributed by atoms with E-state index >= 15 is 0 Å². The molecule has 1 aliphatic rings. The first-order chi connectivity index (χ1) is 8.85. The number of rotatable bonds is 5. The summed E-state index contributed by atoms with van der Waals surface area (Å²) in [5, 5.41) is 3.21. The highest BCUT2D eigenvalue weighted by Crippen LogP contribution is 2.22. The molecule has 1 unspecified atom stereocenters. The molecule has 0 spiro atoms. The summed E-state index contributed by atoms with van der Waals surface area (Å²) in [4.78, 5) is 2.62. The van der Waals surface area contributed by atoms with Gasteiger partial charge in [-0.25, -0.2) is 0 Å². The zero-order chi connectivity index (χ0) is 12.8. The summed E-state index contributed by atoms with van der Waals surface area (Å²) in [6, 6.07) is 2.82. The SMILES string of the molecule is CCC1CCCCCN1Cc1occc1CNC. The second-order valence-electron chi connectivity index (χ2n) is 5.28. The Labute approximate surface area is 111 Å². The van der Waals surface area contributed by atoms with Gasteiger partial charge >= 0.3 is 0 Å². The van der Waals surface area contributed by atoms with Crippen molar-refractivity contribution >= 4 is 0 Å². The quantitative estimate of drug-likeness (QED) is 0.870. The number of furan rings is 1. The minimum absolute atomic E-state index is 0.736. The van der Waals surface area contributed by atoms with Crippen molar-refractivity contribution in [3.05, 3.63) is 23.7 Å². The molecule has 1 N–H and O–H groups in total. The van der Waals surface area contributed by atoms with Crippen LogP contribution in [0.15, 0.2) is 16.7 Å². The van der Waals surface area contributed by atoms with Crippen LogP contribution in [-0.2, 0) is 13.1 Å². The highest BCUT2D eigenvalue weighted by atomic mass is 16.3. The molecule has 3 nitrogen and oxygen atoms in total. The van der Waals surface area contributed by atoms with Crippen LogP contribution in [0.2, 0.25) is 0 Å². The maximum absolute atomic E-state index is 5.67. The zero-order valence-corrected chi connectivity index (χ0v) is 11.7. The largest absolute Gasteiger partial charge is 0.468 e.